The van der Waals surface area contributed by atoms with Crippen LogP contribution in [0.25, 0.3) is 11.1 Å². The van der Waals surface area contributed by atoms with E-state index >= 15 is 0 Å². The molecule has 3 nitrogen and oxygen atoms in total. The van der Waals surface area contributed by atoms with Gasteiger partial charge in [-0.15, -0.1) is 0 Å². The van der Waals surface area contributed by atoms with E-state index in [1.807, 2.05) is 43.3 Å². The Labute approximate surface area is 111 Å². The minimum absolute atomic E-state index is 0.0413. The molecule has 2 aromatic rings. The minimum Gasteiger partial charge on any atom is -0.457 e. The average Bonchev–Trinajstić information content (AvgIpc) is 2.80. The molecule has 0 fully saturated rings. The van der Waals surface area contributed by atoms with Crippen LogP contribution in [0.3, 0.4) is 0 Å². The molecule has 0 unspecified atom stereocenters. The summed E-state index contributed by atoms with van der Waals surface area (Å²) in [7, 11) is 0. The fourth-order valence-electron chi connectivity index (χ4n) is 2.52. The number of rotatable bonds is 2. The lowest BCUT2D eigenvalue weighted by Crippen LogP contribution is -2.00. The number of cyclic esters (lactones) is 1. The molecule has 1 aliphatic heterocycles. The second-order valence-electron chi connectivity index (χ2n) is 4.73. The van der Waals surface area contributed by atoms with Gasteiger partial charge in [-0.2, -0.15) is 0 Å². The third-order valence-corrected chi connectivity index (χ3v) is 3.46. The normalized spacial score (nSPS) is 13.3. The Morgan fingerprint density at radius 3 is 2.74 bits per heavy atom. The van der Waals surface area contributed by atoms with Crippen LogP contribution in [0, 0.1) is 6.92 Å². The van der Waals surface area contributed by atoms with Gasteiger partial charge in [0, 0.05) is 5.56 Å². The molecular weight excluding hydrogens is 240 g/mol. The van der Waals surface area contributed by atoms with Crippen LogP contribution in [0.5, 0.6) is 0 Å². The van der Waals surface area contributed by atoms with Crippen LogP contribution in [-0.4, -0.2) is 11.1 Å². The van der Waals surface area contributed by atoms with Crippen LogP contribution in [0.15, 0.2) is 36.4 Å². The van der Waals surface area contributed by atoms with Crippen LogP contribution in [0.2, 0.25) is 0 Å². The highest BCUT2D eigenvalue weighted by Gasteiger charge is 2.26. The predicted octanol–water partition coefficient (Wildman–Crippen LogP) is 2.82. The van der Waals surface area contributed by atoms with Gasteiger partial charge in [0.05, 0.1) is 12.2 Å². The summed E-state index contributed by atoms with van der Waals surface area (Å²) < 4.78 is 5.10. The first-order chi connectivity index (χ1) is 9.20. The molecule has 0 bridgehead atoms. The summed E-state index contributed by atoms with van der Waals surface area (Å²) in [6, 6.07) is 11.6. The van der Waals surface area contributed by atoms with Crippen molar-refractivity contribution in [3.05, 3.63) is 58.7 Å². The van der Waals surface area contributed by atoms with Gasteiger partial charge in [0.2, 0.25) is 0 Å². The molecule has 19 heavy (non-hydrogen) atoms. The molecule has 3 heteroatoms. The maximum absolute atomic E-state index is 11.9. The van der Waals surface area contributed by atoms with Crippen molar-refractivity contribution in [1.29, 1.82) is 0 Å². The number of aryl methyl sites for hydroxylation is 1. The lowest BCUT2D eigenvalue weighted by Gasteiger charge is -2.11. The maximum Gasteiger partial charge on any atom is 0.339 e. The first kappa shape index (κ1) is 11.9. The van der Waals surface area contributed by atoms with E-state index in [-0.39, 0.29) is 12.6 Å². The summed E-state index contributed by atoms with van der Waals surface area (Å²) in [6.45, 7) is 2.26. The SMILES string of the molecule is Cc1ccccc1-c1cc(CO)cc2c1C(=O)OC2. The highest BCUT2D eigenvalue weighted by Crippen LogP contribution is 2.34. The van der Waals surface area contributed by atoms with Crippen molar-refractivity contribution in [3.63, 3.8) is 0 Å². The number of hydrogen-bond acceptors (Lipinski definition) is 3. The number of aliphatic hydroxyl groups excluding tert-OH is 1. The molecule has 0 aromatic heterocycles. The van der Waals surface area contributed by atoms with Gasteiger partial charge in [-0.05, 0) is 41.3 Å². The third-order valence-electron chi connectivity index (χ3n) is 3.46. The number of aliphatic hydroxyl groups is 1. The summed E-state index contributed by atoms with van der Waals surface area (Å²) in [4.78, 5) is 11.9. The zero-order valence-electron chi connectivity index (χ0n) is 10.6. The van der Waals surface area contributed by atoms with Crippen molar-refractivity contribution < 1.29 is 14.6 Å². The van der Waals surface area contributed by atoms with Crippen molar-refractivity contribution in [3.8, 4) is 11.1 Å². The molecule has 3 rings (SSSR count). The smallest absolute Gasteiger partial charge is 0.339 e. The number of fused-ring (bicyclic) bond motifs is 1. The predicted molar refractivity (Wildman–Crippen MR) is 71.7 cm³/mol. The highest BCUT2D eigenvalue weighted by molar-refractivity contribution is 6.01. The number of ether oxygens (including phenoxy) is 1. The molecule has 0 aliphatic carbocycles. The highest BCUT2D eigenvalue weighted by atomic mass is 16.5. The molecule has 1 aliphatic rings. The van der Waals surface area contributed by atoms with E-state index in [4.69, 9.17) is 4.74 Å². The van der Waals surface area contributed by atoms with Crippen molar-refractivity contribution in [1.82, 2.24) is 0 Å². The fourth-order valence-corrected chi connectivity index (χ4v) is 2.52. The number of hydrogen-bond donors (Lipinski definition) is 1. The molecular formula is C16H14O3. The van der Waals surface area contributed by atoms with Crippen molar-refractivity contribution in [2.75, 3.05) is 0 Å². The molecule has 2 aromatic carbocycles. The summed E-state index contributed by atoms with van der Waals surface area (Å²) in [5.74, 6) is -0.280. The van der Waals surface area contributed by atoms with Gasteiger partial charge in [0.1, 0.15) is 6.61 Å². The number of esters is 1. The monoisotopic (exact) mass is 254 g/mol. The first-order valence-electron chi connectivity index (χ1n) is 6.20. The van der Waals surface area contributed by atoms with E-state index in [1.54, 1.807) is 0 Å². The molecule has 0 saturated heterocycles. The Morgan fingerprint density at radius 1 is 1.21 bits per heavy atom. The Morgan fingerprint density at radius 2 is 2.00 bits per heavy atom. The standard InChI is InChI=1S/C16H14O3/c1-10-4-2-3-5-13(10)14-7-11(8-17)6-12-9-19-16(18)15(12)14/h2-7,17H,8-9H2,1H3. The van der Waals surface area contributed by atoms with E-state index in [1.165, 1.54) is 0 Å². The van der Waals surface area contributed by atoms with Gasteiger partial charge < -0.3 is 9.84 Å². The van der Waals surface area contributed by atoms with Gasteiger partial charge in [0.15, 0.2) is 0 Å². The first-order valence-corrected chi connectivity index (χ1v) is 6.20. The molecule has 0 atom stereocenters. The largest absolute Gasteiger partial charge is 0.457 e. The maximum atomic E-state index is 11.9. The zero-order chi connectivity index (χ0) is 13.4. The molecule has 96 valence electrons. The third kappa shape index (κ3) is 1.92. The number of carbonyl (C=O) groups excluding carboxylic acids is 1. The Bertz CT molecular complexity index is 659. The van der Waals surface area contributed by atoms with Crippen LogP contribution in [0.4, 0.5) is 0 Å². The van der Waals surface area contributed by atoms with Gasteiger partial charge in [-0.3, -0.25) is 0 Å². The second kappa shape index (κ2) is 4.52. The minimum atomic E-state index is -0.280. The van der Waals surface area contributed by atoms with Gasteiger partial charge >= 0.3 is 5.97 Å². The lowest BCUT2D eigenvalue weighted by molar-refractivity contribution is 0.0535. The molecule has 0 spiro atoms. The van der Waals surface area contributed by atoms with Crippen molar-refractivity contribution in [2.24, 2.45) is 0 Å². The van der Waals surface area contributed by atoms with Gasteiger partial charge in [-0.25, -0.2) is 4.79 Å². The van der Waals surface area contributed by atoms with E-state index in [0.29, 0.717) is 12.2 Å². The average molecular weight is 254 g/mol. The molecule has 1 N–H and O–H groups in total. The number of carbonyl (C=O) groups is 1. The molecule has 0 radical (unpaired) electrons. The van der Waals surface area contributed by atoms with Crippen molar-refractivity contribution >= 4 is 5.97 Å². The van der Waals surface area contributed by atoms with Crippen LogP contribution >= 0.6 is 0 Å². The quantitative estimate of drug-likeness (QED) is 0.838. The number of benzene rings is 2. The van der Waals surface area contributed by atoms with E-state index in [2.05, 4.69) is 0 Å². The van der Waals surface area contributed by atoms with E-state index in [9.17, 15) is 9.90 Å². The molecule has 0 amide bonds. The summed E-state index contributed by atoms with van der Waals surface area (Å²) in [5.41, 5.74) is 5.24. The fraction of sp³-hybridized carbons (Fsp3) is 0.188. The molecule has 1 heterocycles. The van der Waals surface area contributed by atoms with Crippen LogP contribution in [-0.2, 0) is 18.0 Å². The van der Waals surface area contributed by atoms with Crippen LogP contribution in [0.1, 0.15) is 27.0 Å². The molecule has 0 saturated carbocycles. The van der Waals surface area contributed by atoms with E-state index in [0.717, 1.165) is 27.8 Å². The topological polar surface area (TPSA) is 46.5 Å². The summed E-state index contributed by atoms with van der Waals surface area (Å²) in [6.07, 6.45) is 0. The van der Waals surface area contributed by atoms with Gasteiger partial charge in [0.25, 0.3) is 0 Å². The Balaban J connectivity index is 2.29. The Kier molecular flexibility index (Phi) is 2.84. The summed E-state index contributed by atoms with van der Waals surface area (Å²) >= 11 is 0. The van der Waals surface area contributed by atoms with E-state index < -0.39 is 0 Å². The van der Waals surface area contributed by atoms with Crippen molar-refractivity contribution in [2.45, 2.75) is 20.1 Å². The lowest BCUT2D eigenvalue weighted by atomic mass is 9.92. The summed E-state index contributed by atoms with van der Waals surface area (Å²) in [5, 5.41) is 9.35. The van der Waals surface area contributed by atoms with Crippen LogP contribution < -0.4 is 0 Å². The van der Waals surface area contributed by atoms with Gasteiger partial charge in [-0.1, -0.05) is 24.3 Å². The second-order valence-corrected chi connectivity index (χ2v) is 4.73. The zero-order valence-corrected chi connectivity index (χ0v) is 10.6. The Hall–Kier alpha value is -2.13.